The zero-order valence-electron chi connectivity index (χ0n) is 15.0. The average Bonchev–Trinajstić information content (AvgIpc) is 2.71. The van der Waals surface area contributed by atoms with Gasteiger partial charge in [-0.05, 0) is 48.5 Å². The van der Waals surface area contributed by atoms with Crippen molar-refractivity contribution in [3.63, 3.8) is 0 Å². The van der Waals surface area contributed by atoms with Gasteiger partial charge < -0.3 is 10.1 Å². The lowest BCUT2D eigenvalue weighted by Crippen LogP contribution is -2.52. The van der Waals surface area contributed by atoms with Gasteiger partial charge in [-0.2, -0.15) is 4.98 Å². The molecule has 3 unspecified atom stereocenters. The monoisotopic (exact) mass is 333 g/mol. The molecule has 3 aromatic rings. The topological polar surface area (TPSA) is 60.4 Å². The number of nitrogens with two attached hydrogens (primary N) is 1. The second-order valence-electron chi connectivity index (χ2n) is 8.14. The van der Waals surface area contributed by atoms with E-state index in [0.29, 0.717) is 0 Å². The van der Waals surface area contributed by atoms with E-state index in [-0.39, 0.29) is 16.9 Å². The van der Waals surface area contributed by atoms with Crippen molar-refractivity contribution in [3.05, 3.63) is 57.6 Å². The first-order valence-electron chi connectivity index (χ1n) is 9.16. The van der Waals surface area contributed by atoms with Crippen LogP contribution in [-0.4, -0.2) is 9.38 Å². The highest BCUT2D eigenvalue weighted by Gasteiger charge is 2.62. The van der Waals surface area contributed by atoms with E-state index in [2.05, 4.69) is 48.5 Å². The molecule has 3 atom stereocenters. The van der Waals surface area contributed by atoms with E-state index in [1.807, 2.05) is 12.1 Å². The largest absolute Gasteiger partial charge is 0.320 e. The van der Waals surface area contributed by atoms with Crippen molar-refractivity contribution in [3.8, 4) is 0 Å². The fourth-order valence-electron chi connectivity index (χ4n) is 5.25. The molecule has 0 amide bonds. The Labute approximate surface area is 146 Å². The number of rotatable bonds is 1. The molecular weight excluding hydrogens is 310 g/mol. The van der Waals surface area contributed by atoms with E-state index in [9.17, 15) is 4.79 Å². The van der Waals surface area contributed by atoms with Gasteiger partial charge in [0.2, 0.25) is 0 Å². The summed E-state index contributed by atoms with van der Waals surface area (Å²) in [5.41, 5.74) is 10.1. The molecule has 2 aromatic heterocycles. The van der Waals surface area contributed by atoms with E-state index in [0.717, 1.165) is 41.6 Å². The van der Waals surface area contributed by atoms with Crippen LogP contribution in [0, 0.1) is 5.41 Å². The Hall–Kier alpha value is -2.20. The van der Waals surface area contributed by atoms with Crippen LogP contribution >= 0.6 is 0 Å². The lowest BCUT2D eigenvalue weighted by Gasteiger charge is -2.50. The van der Waals surface area contributed by atoms with Crippen LogP contribution in [0.25, 0.3) is 16.4 Å². The van der Waals surface area contributed by atoms with Gasteiger partial charge in [0.15, 0.2) is 0 Å². The summed E-state index contributed by atoms with van der Waals surface area (Å²) in [6, 6.07) is 8.22. The van der Waals surface area contributed by atoms with Gasteiger partial charge >= 0.3 is 0 Å². The number of aromatic nitrogens is 2. The first-order valence-corrected chi connectivity index (χ1v) is 9.16. The van der Waals surface area contributed by atoms with E-state index in [1.165, 1.54) is 10.9 Å². The summed E-state index contributed by atoms with van der Waals surface area (Å²) >= 11 is 0. The lowest BCUT2D eigenvalue weighted by atomic mass is 9.56. The number of benzene rings is 1. The minimum Gasteiger partial charge on any atom is -0.320 e. The SMILES string of the molecule is CCc1cn2c3c(c(=O)nc2c2ccccc12)C1CCC1(C)C3(C)N. The summed E-state index contributed by atoms with van der Waals surface area (Å²) in [5.74, 6) is 0.242. The summed E-state index contributed by atoms with van der Waals surface area (Å²) in [7, 11) is 0. The second-order valence-corrected chi connectivity index (χ2v) is 8.14. The third-order valence-corrected chi connectivity index (χ3v) is 7.09. The average molecular weight is 333 g/mol. The number of pyridine rings is 1. The minimum absolute atomic E-state index is 0.0462. The maximum absolute atomic E-state index is 13.0. The maximum Gasteiger partial charge on any atom is 0.277 e. The maximum atomic E-state index is 13.0. The molecule has 2 aliphatic rings. The molecule has 25 heavy (non-hydrogen) atoms. The van der Waals surface area contributed by atoms with Crippen LogP contribution < -0.4 is 11.3 Å². The van der Waals surface area contributed by atoms with Crippen LogP contribution in [0.4, 0.5) is 0 Å². The van der Waals surface area contributed by atoms with Gasteiger partial charge in [0, 0.05) is 17.1 Å². The van der Waals surface area contributed by atoms with Crippen molar-refractivity contribution in [1.82, 2.24) is 9.38 Å². The molecule has 128 valence electrons. The van der Waals surface area contributed by atoms with Crippen LogP contribution in [0.2, 0.25) is 0 Å². The zero-order valence-corrected chi connectivity index (χ0v) is 15.0. The molecule has 1 aromatic carbocycles. The van der Waals surface area contributed by atoms with E-state index >= 15 is 0 Å². The molecule has 4 nitrogen and oxygen atoms in total. The van der Waals surface area contributed by atoms with Gasteiger partial charge in [-0.15, -0.1) is 0 Å². The summed E-state index contributed by atoms with van der Waals surface area (Å²) in [4.78, 5) is 17.5. The molecule has 0 aliphatic heterocycles. The number of hydrogen-bond donors (Lipinski definition) is 1. The number of aryl methyl sites for hydroxylation is 1. The van der Waals surface area contributed by atoms with E-state index < -0.39 is 5.54 Å². The zero-order chi connectivity index (χ0) is 17.6. The molecule has 0 bridgehead atoms. The fraction of sp³-hybridized carbons (Fsp3) is 0.429. The summed E-state index contributed by atoms with van der Waals surface area (Å²) in [6.45, 7) is 6.49. The first-order chi connectivity index (χ1) is 11.9. The molecule has 5 rings (SSSR count). The van der Waals surface area contributed by atoms with Crippen LogP contribution in [0.15, 0.2) is 35.3 Å². The Balaban J connectivity index is 2.02. The summed E-state index contributed by atoms with van der Waals surface area (Å²) in [6.07, 6.45) is 5.18. The number of hydrogen-bond acceptors (Lipinski definition) is 3. The Morgan fingerprint density at radius 1 is 1.28 bits per heavy atom. The third kappa shape index (κ3) is 1.57. The van der Waals surface area contributed by atoms with E-state index in [1.54, 1.807) is 0 Å². The highest BCUT2D eigenvalue weighted by Crippen LogP contribution is 2.66. The van der Waals surface area contributed by atoms with Gasteiger partial charge in [-0.1, -0.05) is 38.1 Å². The number of nitrogens with zero attached hydrogens (tertiary/aromatic N) is 2. The van der Waals surface area contributed by atoms with Crippen LogP contribution in [0.3, 0.4) is 0 Å². The molecule has 4 heteroatoms. The lowest BCUT2D eigenvalue weighted by molar-refractivity contribution is 0.0434. The van der Waals surface area contributed by atoms with Crippen molar-refractivity contribution in [2.75, 3.05) is 0 Å². The molecule has 0 spiro atoms. The normalized spacial score (nSPS) is 30.3. The van der Waals surface area contributed by atoms with Gasteiger partial charge in [-0.3, -0.25) is 4.79 Å². The summed E-state index contributed by atoms with van der Waals surface area (Å²) < 4.78 is 2.13. The summed E-state index contributed by atoms with van der Waals surface area (Å²) in [5, 5.41) is 2.20. The van der Waals surface area contributed by atoms with Crippen molar-refractivity contribution < 1.29 is 0 Å². The van der Waals surface area contributed by atoms with Crippen LogP contribution in [-0.2, 0) is 12.0 Å². The van der Waals surface area contributed by atoms with Crippen molar-refractivity contribution in [1.29, 1.82) is 0 Å². The van der Waals surface area contributed by atoms with E-state index in [4.69, 9.17) is 5.73 Å². The predicted octanol–water partition coefficient (Wildman–Crippen LogP) is 3.48. The van der Waals surface area contributed by atoms with Gasteiger partial charge in [0.05, 0.1) is 11.2 Å². The first kappa shape index (κ1) is 15.1. The molecular formula is C21H23N3O. The van der Waals surface area contributed by atoms with Crippen LogP contribution in [0.1, 0.15) is 56.4 Å². The number of fused-ring (bicyclic) bond motifs is 7. The quantitative estimate of drug-likeness (QED) is 0.694. The molecule has 2 N–H and O–H groups in total. The predicted molar refractivity (Wildman–Crippen MR) is 100.0 cm³/mol. The van der Waals surface area contributed by atoms with Crippen LogP contribution in [0.5, 0.6) is 0 Å². The molecule has 2 heterocycles. The highest BCUT2D eigenvalue weighted by molar-refractivity contribution is 5.96. The second kappa shape index (κ2) is 4.50. The third-order valence-electron chi connectivity index (χ3n) is 7.09. The molecule has 1 fully saturated rings. The molecule has 0 saturated heterocycles. The van der Waals surface area contributed by atoms with Crippen molar-refractivity contribution in [2.45, 2.75) is 51.5 Å². The molecule has 0 radical (unpaired) electrons. The molecule has 2 aliphatic carbocycles. The molecule has 1 saturated carbocycles. The Bertz CT molecular complexity index is 1110. The minimum atomic E-state index is -0.524. The Kier molecular flexibility index (Phi) is 2.71. The van der Waals surface area contributed by atoms with Gasteiger partial charge in [0.25, 0.3) is 5.56 Å². The fourth-order valence-corrected chi connectivity index (χ4v) is 5.25. The Morgan fingerprint density at radius 2 is 2.00 bits per heavy atom. The standard InChI is InChI=1S/C21H23N3O/c1-4-12-11-24-17-16(15-9-10-20(15,2)21(17,3)22)19(25)23-18(24)14-8-6-5-7-13(12)14/h5-8,11,15H,4,9-10,22H2,1-3H3. The highest BCUT2D eigenvalue weighted by atomic mass is 16.1. The van der Waals surface area contributed by atoms with Gasteiger partial charge in [-0.25, -0.2) is 0 Å². The van der Waals surface area contributed by atoms with Crippen molar-refractivity contribution in [2.24, 2.45) is 11.1 Å². The smallest absolute Gasteiger partial charge is 0.277 e. The van der Waals surface area contributed by atoms with Gasteiger partial charge in [0.1, 0.15) is 5.65 Å². The Morgan fingerprint density at radius 3 is 2.64 bits per heavy atom. The van der Waals surface area contributed by atoms with Crippen molar-refractivity contribution >= 4 is 16.4 Å².